The topological polar surface area (TPSA) is 58.4 Å². The van der Waals surface area contributed by atoms with Crippen LogP contribution in [0, 0.1) is 5.92 Å². The third-order valence-corrected chi connectivity index (χ3v) is 4.16. The van der Waals surface area contributed by atoms with Crippen LogP contribution in [0.5, 0.6) is 0 Å². The number of carbonyl (C=O) groups excluding carboxylic acids is 1. The van der Waals surface area contributed by atoms with Gasteiger partial charge in [0.05, 0.1) is 0 Å². The van der Waals surface area contributed by atoms with E-state index in [4.69, 9.17) is 5.73 Å². The fourth-order valence-corrected chi connectivity index (χ4v) is 2.71. The smallest absolute Gasteiger partial charge is 0.314 e. The maximum atomic E-state index is 11.0. The maximum Gasteiger partial charge on any atom is 0.314 e. The Hall–Kier alpha value is -0.770. The molecular weight excluding hydrogens is 202 g/mol. The predicted octanol–water partition coefficient (Wildman–Crippen LogP) is 1.31. The van der Waals surface area contributed by atoms with Crippen LogP contribution in [0.1, 0.15) is 39.0 Å². The predicted molar refractivity (Wildman–Crippen MR) is 64.1 cm³/mol. The van der Waals surface area contributed by atoms with Crippen molar-refractivity contribution < 1.29 is 4.79 Å². The molecule has 3 N–H and O–H groups in total. The summed E-state index contributed by atoms with van der Waals surface area (Å²) in [5, 5.41) is 3.70. The fraction of sp³-hybridized carbons (Fsp3) is 0.917. The molecule has 4 heteroatoms. The summed E-state index contributed by atoms with van der Waals surface area (Å²) in [7, 11) is 0. The Morgan fingerprint density at radius 2 is 1.94 bits per heavy atom. The van der Waals surface area contributed by atoms with Gasteiger partial charge in [-0.05, 0) is 38.5 Å². The summed E-state index contributed by atoms with van der Waals surface area (Å²) in [6, 6.07) is 0.940. The van der Waals surface area contributed by atoms with Gasteiger partial charge in [-0.2, -0.15) is 0 Å². The third-order valence-electron chi connectivity index (χ3n) is 4.16. The molecule has 2 aliphatic rings. The van der Waals surface area contributed by atoms with Gasteiger partial charge in [0.25, 0.3) is 0 Å². The SMILES string of the molecule is CC(NC1CCN(C(N)=O)CC1)C1CCC1. The summed E-state index contributed by atoms with van der Waals surface area (Å²) in [6.45, 7) is 3.92. The zero-order valence-electron chi connectivity index (χ0n) is 10.1. The minimum atomic E-state index is -0.273. The van der Waals surface area contributed by atoms with E-state index in [1.807, 2.05) is 0 Å². The quantitative estimate of drug-likeness (QED) is 0.761. The highest BCUT2D eigenvalue weighted by Gasteiger charge is 2.27. The minimum Gasteiger partial charge on any atom is -0.351 e. The van der Waals surface area contributed by atoms with Crippen molar-refractivity contribution in [1.82, 2.24) is 10.2 Å². The van der Waals surface area contributed by atoms with E-state index in [2.05, 4.69) is 12.2 Å². The van der Waals surface area contributed by atoms with Crippen LogP contribution < -0.4 is 11.1 Å². The lowest BCUT2D eigenvalue weighted by Crippen LogP contribution is -2.50. The molecule has 1 atom stereocenters. The normalized spacial score (nSPS) is 25.2. The van der Waals surface area contributed by atoms with E-state index < -0.39 is 0 Å². The average molecular weight is 225 g/mol. The van der Waals surface area contributed by atoms with Gasteiger partial charge in [-0.1, -0.05) is 6.42 Å². The lowest BCUT2D eigenvalue weighted by atomic mass is 9.80. The van der Waals surface area contributed by atoms with Gasteiger partial charge in [-0.25, -0.2) is 4.79 Å². The van der Waals surface area contributed by atoms with E-state index in [0.717, 1.165) is 31.8 Å². The molecule has 1 unspecified atom stereocenters. The summed E-state index contributed by atoms with van der Waals surface area (Å²) in [5.41, 5.74) is 5.26. The van der Waals surface area contributed by atoms with E-state index in [1.165, 1.54) is 19.3 Å². The maximum absolute atomic E-state index is 11.0. The lowest BCUT2D eigenvalue weighted by Gasteiger charge is -2.37. The molecule has 2 amide bonds. The van der Waals surface area contributed by atoms with Crippen LogP contribution in [0.15, 0.2) is 0 Å². The molecule has 16 heavy (non-hydrogen) atoms. The first-order chi connectivity index (χ1) is 7.66. The Balaban J connectivity index is 1.70. The first-order valence-corrected chi connectivity index (χ1v) is 6.47. The number of nitrogens with one attached hydrogen (secondary N) is 1. The van der Waals surface area contributed by atoms with Gasteiger partial charge in [-0.3, -0.25) is 0 Å². The van der Waals surface area contributed by atoms with Crippen molar-refractivity contribution in [2.24, 2.45) is 11.7 Å². The summed E-state index contributed by atoms with van der Waals surface area (Å²) < 4.78 is 0. The first-order valence-electron chi connectivity index (χ1n) is 6.47. The molecule has 92 valence electrons. The largest absolute Gasteiger partial charge is 0.351 e. The third kappa shape index (κ3) is 2.67. The number of carbonyl (C=O) groups is 1. The molecule has 1 heterocycles. The van der Waals surface area contributed by atoms with Gasteiger partial charge < -0.3 is 16.0 Å². The summed E-state index contributed by atoms with van der Waals surface area (Å²) in [5.74, 6) is 0.883. The van der Waals surface area contributed by atoms with Crippen LogP contribution in [-0.2, 0) is 0 Å². The van der Waals surface area contributed by atoms with Gasteiger partial charge in [-0.15, -0.1) is 0 Å². The number of rotatable bonds is 3. The lowest BCUT2D eigenvalue weighted by molar-refractivity contribution is 0.168. The number of primary amides is 1. The minimum absolute atomic E-state index is 0.273. The highest BCUT2D eigenvalue weighted by Crippen LogP contribution is 2.30. The highest BCUT2D eigenvalue weighted by molar-refractivity contribution is 5.72. The van der Waals surface area contributed by atoms with Crippen LogP contribution >= 0.6 is 0 Å². The molecule has 0 aromatic heterocycles. The van der Waals surface area contributed by atoms with Gasteiger partial charge in [0.15, 0.2) is 0 Å². The van der Waals surface area contributed by atoms with Crippen LogP contribution in [0.3, 0.4) is 0 Å². The fourth-order valence-electron chi connectivity index (χ4n) is 2.71. The zero-order valence-corrected chi connectivity index (χ0v) is 10.1. The second-order valence-corrected chi connectivity index (χ2v) is 5.25. The molecule has 1 saturated carbocycles. The second kappa shape index (κ2) is 5.04. The molecule has 4 nitrogen and oxygen atoms in total. The number of piperidine rings is 1. The van der Waals surface area contributed by atoms with Crippen molar-refractivity contribution in [2.45, 2.75) is 51.1 Å². The molecule has 0 radical (unpaired) electrons. The number of nitrogens with zero attached hydrogens (tertiary/aromatic N) is 1. The van der Waals surface area contributed by atoms with Crippen molar-refractivity contribution in [3.63, 3.8) is 0 Å². The molecule has 0 aromatic rings. The molecular formula is C12H23N3O. The van der Waals surface area contributed by atoms with E-state index in [0.29, 0.717) is 12.1 Å². The Morgan fingerprint density at radius 1 is 1.31 bits per heavy atom. The number of hydrogen-bond acceptors (Lipinski definition) is 2. The Morgan fingerprint density at radius 3 is 2.38 bits per heavy atom. The van der Waals surface area contributed by atoms with Gasteiger partial charge >= 0.3 is 6.03 Å². The molecule has 0 aromatic carbocycles. The molecule has 0 bridgehead atoms. The van der Waals surface area contributed by atoms with E-state index in [9.17, 15) is 4.79 Å². The van der Waals surface area contributed by atoms with Crippen molar-refractivity contribution in [1.29, 1.82) is 0 Å². The number of likely N-dealkylation sites (tertiary alicyclic amines) is 1. The number of nitrogens with two attached hydrogens (primary N) is 1. The van der Waals surface area contributed by atoms with E-state index in [-0.39, 0.29) is 6.03 Å². The molecule has 1 aliphatic heterocycles. The van der Waals surface area contributed by atoms with E-state index >= 15 is 0 Å². The van der Waals surface area contributed by atoms with Crippen molar-refractivity contribution in [3.05, 3.63) is 0 Å². The Bertz CT molecular complexity index is 245. The first kappa shape index (κ1) is 11.7. The van der Waals surface area contributed by atoms with Gasteiger partial charge in [0.1, 0.15) is 0 Å². The van der Waals surface area contributed by atoms with Crippen molar-refractivity contribution >= 4 is 6.03 Å². The summed E-state index contributed by atoms with van der Waals surface area (Å²) >= 11 is 0. The van der Waals surface area contributed by atoms with Crippen molar-refractivity contribution in [2.75, 3.05) is 13.1 Å². The van der Waals surface area contributed by atoms with Gasteiger partial charge in [0, 0.05) is 25.2 Å². The highest BCUT2D eigenvalue weighted by atomic mass is 16.2. The Kier molecular flexibility index (Phi) is 3.69. The van der Waals surface area contributed by atoms with Crippen molar-refractivity contribution in [3.8, 4) is 0 Å². The second-order valence-electron chi connectivity index (χ2n) is 5.25. The van der Waals surface area contributed by atoms with Crippen LogP contribution in [0.4, 0.5) is 4.79 Å². The van der Waals surface area contributed by atoms with Crippen LogP contribution in [0.2, 0.25) is 0 Å². The monoisotopic (exact) mass is 225 g/mol. The molecule has 0 spiro atoms. The summed E-state index contributed by atoms with van der Waals surface area (Å²) in [4.78, 5) is 12.7. The standard InChI is InChI=1S/C12H23N3O/c1-9(10-3-2-4-10)14-11-5-7-15(8-6-11)12(13)16/h9-11,14H,2-8H2,1H3,(H2,13,16). The zero-order chi connectivity index (χ0) is 11.5. The van der Waals surface area contributed by atoms with E-state index in [1.54, 1.807) is 4.90 Å². The molecule has 2 rings (SSSR count). The number of amides is 2. The molecule has 1 saturated heterocycles. The van der Waals surface area contributed by atoms with Crippen LogP contribution in [-0.4, -0.2) is 36.1 Å². The molecule has 2 fully saturated rings. The Labute approximate surface area is 97.6 Å². The number of urea groups is 1. The number of hydrogen-bond donors (Lipinski definition) is 2. The molecule has 1 aliphatic carbocycles. The average Bonchev–Trinajstić information content (AvgIpc) is 2.15. The van der Waals surface area contributed by atoms with Gasteiger partial charge in [0.2, 0.25) is 0 Å². The summed E-state index contributed by atoms with van der Waals surface area (Å²) in [6.07, 6.45) is 6.25. The van der Waals surface area contributed by atoms with Crippen LogP contribution in [0.25, 0.3) is 0 Å².